The van der Waals surface area contributed by atoms with Gasteiger partial charge in [0.25, 0.3) is 5.91 Å². The van der Waals surface area contributed by atoms with Crippen molar-refractivity contribution in [1.82, 2.24) is 5.32 Å². The van der Waals surface area contributed by atoms with Gasteiger partial charge in [-0.25, -0.2) is 0 Å². The fourth-order valence-corrected chi connectivity index (χ4v) is 1.52. The maximum Gasteiger partial charge on any atom is 0.251 e. The number of methoxy groups -OCH3 is 1. The number of nitrogen functional groups attached to an aromatic ring is 1. The van der Waals surface area contributed by atoms with Crippen LogP contribution in [0.2, 0.25) is 0 Å². The van der Waals surface area contributed by atoms with E-state index in [1.807, 2.05) is 6.92 Å². The molecular weight excluding hydrogens is 218 g/mol. The Morgan fingerprint density at radius 3 is 2.82 bits per heavy atom. The SMILES string of the molecule is CNC(=O)c1ccc(N)c(NC(C)COC)c1. The first-order valence-corrected chi connectivity index (χ1v) is 5.45. The molecule has 0 aliphatic heterocycles. The summed E-state index contributed by atoms with van der Waals surface area (Å²) in [5.74, 6) is -0.132. The van der Waals surface area contributed by atoms with Crippen LogP contribution in [0.4, 0.5) is 11.4 Å². The molecular formula is C12H19N3O2. The third kappa shape index (κ3) is 3.64. The second-order valence-electron chi connectivity index (χ2n) is 3.88. The summed E-state index contributed by atoms with van der Waals surface area (Å²) < 4.78 is 5.03. The van der Waals surface area contributed by atoms with E-state index in [0.29, 0.717) is 17.9 Å². The average molecular weight is 237 g/mol. The highest BCUT2D eigenvalue weighted by atomic mass is 16.5. The van der Waals surface area contributed by atoms with Crippen LogP contribution in [-0.4, -0.2) is 32.7 Å². The van der Waals surface area contributed by atoms with Crippen molar-refractivity contribution in [2.24, 2.45) is 0 Å². The molecule has 17 heavy (non-hydrogen) atoms. The molecule has 5 heteroatoms. The Hall–Kier alpha value is -1.75. The summed E-state index contributed by atoms with van der Waals surface area (Å²) >= 11 is 0. The van der Waals surface area contributed by atoms with Crippen molar-refractivity contribution in [3.8, 4) is 0 Å². The first kappa shape index (κ1) is 13.3. The lowest BCUT2D eigenvalue weighted by atomic mass is 10.1. The quantitative estimate of drug-likeness (QED) is 0.670. The minimum Gasteiger partial charge on any atom is -0.397 e. The molecule has 5 nitrogen and oxygen atoms in total. The molecule has 0 bridgehead atoms. The Morgan fingerprint density at radius 2 is 2.24 bits per heavy atom. The molecule has 0 aromatic heterocycles. The highest BCUT2D eigenvalue weighted by Gasteiger charge is 2.08. The van der Waals surface area contributed by atoms with E-state index in [1.54, 1.807) is 32.4 Å². The van der Waals surface area contributed by atoms with Crippen LogP contribution in [0.5, 0.6) is 0 Å². The van der Waals surface area contributed by atoms with E-state index in [4.69, 9.17) is 10.5 Å². The normalized spacial score (nSPS) is 11.9. The summed E-state index contributed by atoms with van der Waals surface area (Å²) in [5, 5.41) is 5.77. The average Bonchev–Trinajstić information content (AvgIpc) is 2.31. The topological polar surface area (TPSA) is 76.4 Å². The molecule has 0 radical (unpaired) electrons. The van der Waals surface area contributed by atoms with Crippen molar-refractivity contribution < 1.29 is 9.53 Å². The number of carbonyl (C=O) groups is 1. The lowest BCUT2D eigenvalue weighted by Crippen LogP contribution is -2.22. The Balaban J connectivity index is 2.86. The van der Waals surface area contributed by atoms with E-state index in [9.17, 15) is 4.79 Å². The van der Waals surface area contributed by atoms with E-state index >= 15 is 0 Å². The summed E-state index contributed by atoms with van der Waals surface area (Å²) in [5.41, 5.74) is 7.78. The number of nitrogens with two attached hydrogens (primary N) is 1. The standard InChI is InChI=1S/C12H19N3O2/c1-8(7-17-3)15-11-6-9(12(16)14-2)4-5-10(11)13/h4-6,8,15H,7,13H2,1-3H3,(H,14,16). The maximum absolute atomic E-state index is 11.5. The fraction of sp³-hybridized carbons (Fsp3) is 0.417. The van der Waals surface area contributed by atoms with Gasteiger partial charge in [0.05, 0.1) is 18.0 Å². The second-order valence-corrected chi connectivity index (χ2v) is 3.88. The summed E-state index contributed by atoms with van der Waals surface area (Å²) in [4.78, 5) is 11.5. The number of anilines is 2. The third-order valence-corrected chi connectivity index (χ3v) is 2.36. The molecule has 1 amide bonds. The van der Waals surface area contributed by atoms with E-state index in [1.165, 1.54) is 0 Å². The predicted molar refractivity (Wildman–Crippen MR) is 69.2 cm³/mol. The Bertz CT molecular complexity index is 393. The molecule has 0 aliphatic rings. The second kappa shape index (κ2) is 6.10. The zero-order valence-corrected chi connectivity index (χ0v) is 10.4. The maximum atomic E-state index is 11.5. The number of nitrogens with one attached hydrogen (secondary N) is 2. The van der Waals surface area contributed by atoms with Gasteiger partial charge in [-0.2, -0.15) is 0 Å². The van der Waals surface area contributed by atoms with Crippen LogP contribution in [0.25, 0.3) is 0 Å². The molecule has 4 N–H and O–H groups in total. The van der Waals surface area contributed by atoms with Crippen LogP contribution in [0.3, 0.4) is 0 Å². The largest absolute Gasteiger partial charge is 0.397 e. The predicted octanol–water partition coefficient (Wildman–Crippen LogP) is 1.08. The van der Waals surface area contributed by atoms with Gasteiger partial charge in [-0.3, -0.25) is 4.79 Å². The number of hydrogen-bond donors (Lipinski definition) is 3. The Kier molecular flexibility index (Phi) is 4.78. The fourth-order valence-electron chi connectivity index (χ4n) is 1.52. The Labute approximate surface area is 101 Å². The van der Waals surface area contributed by atoms with Crippen LogP contribution in [-0.2, 0) is 4.74 Å². The molecule has 1 unspecified atom stereocenters. The number of benzene rings is 1. The van der Waals surface area contributed by atoms with Gasteiger partial charge < -0.3 is 21.1 Å². The van der Waals surface area contributed by atoms with Gasteiger partial charge in [-0.15, -0.1) is 0 Å². The van der Waals surface area contributed by atoms with Crippen LogP contribution < -0.4 is 16.4 Å². The molecule has 1 aromatic carbocycles. The summed E-state index contributed by atoms with van der Waals surface area (Å²) in [7, 11) is 3.24. The van der Waals surface area contributed by atoms with E-state index in [2.05, 4.69) is 10.6 Å². The molecule has 0 heterocycles. The van der Waals surface area contributed by atoms with Crippen LogP contribution in [0.15, 0.2) is 18.2 Å². The summed E-state index contributed by atoms with van der Waals surface area (Å²) in [6.45, 7) is 2.55. The number of amides is 1. The van der Waals surface area contributed by atoms with Crippen molar-refractivity contribution in [3.05, 3.63) is 23.8 Å². The van der Waals surface area contributed by atoms with Crippen LogP contribution in [0.1, 0.15) is 17.3 Å². The molecule has 94 valence electrons. The first-order chi connectivity index (χ1) is 8.08. The monoisotopic (exact) mass is 237 g/mol. The van der Waals surface area contributed by atoms with Crippen molar-refractivity contribution in [3.63, 3.8) is 0 Å². The summed E-state index contributed by atoms with van der Waals surface area (Å²) in [6.07, 6.45) is 0. The number of hydrogen-bond acceptors (Lipinski definition) is 4. The van der Waals surface area contributed by atoms with Crippen LogP contribution in [0, 0.1) is 0 Å². The summed E-state index contributed by atoms with van der Waals surface area (Å²) in [6, 6.07) is 5.27. The van der Waals surface area contributed by atoms with E-state index in [-0.39, 0.29) is 11.9 Å². The number of carbonyl (C=O) groups excluding carboxylic acids is 1. The lowest BCUT2D eigenvalue weighted by molar-refractivity contribution is 0.0963. The number of rotatable bonds is 5. The molecule has 0 saturated carbocycles. The van der Waals surface area contributed by atoms with Crippen molar-refractivity contribution in [2.75, 3.05) is 31.8 Å². The van der Waals surface area contributed by atoms with Crippen molar-refractivity contribution in [1.29, 1.82) is 0 Å². The van der Waals surface area contributed by atoms with Gasteiger partial charge in [0, 0.05) is 25.8 Å². The third-order valence-electron chi connectivity index (χ3n) is 2.36. The van der Waals surface area contributed by atoms with Gasteiger partial charge >= 0.3 is 0 Å². The van der Waals surface area contributed by atoms with Gasteiger partial charge in [0.15, 0.2) is 0 Å². The first-order valence-electron chi connectivity index (χ1n) is 5.45. The van der Waals surface area contributed by atoms with E-state index < -0.39 is 0 Å². The smallest absolute Gasteiger partial charge is 0.251 e. The van der Waals surface area contributed by atoms with Crippen LogP contribution >= 0.6 is 0 Å². The van der Waals surface area contributed by atoms with Gasteiger partial charge in [-0.1, -0.05) is 0 Å². The zero-order valence-electron chi connectivity index (χ0n) is 10.4. The molecule has 1 aromatic rings. The highest BCUT2D eigenvalue weighted by molar-refractivity contribution is 5.96. The molecule has 0 saturated heterocycles. The zero-order chi connectivity index (χ0) is 12.8. The minimum atomic E-state index is -0.132. The number of ether oxygens (including phenoxy) is 1. The lowest BCUT2D eigenvalue weighted by Gasteiger charge is -2.16. The van der Waals surface area contributed by atoms with Gasteiger partial charge in [0.1, 0.15) is 0 Å². The molecule has 0 fully saturated rings. The Morgan fingerprint density at radius 1 is 1.53 bits per heavy atom. The molecule has 0 aliphatic carbocycles. The molecule has 1 rings (SSSR count). The molecule has 1 atom stereocenters. The van der Waals surface area contributed by atoms with Gasteiger partial charge in [0.2, 0.25) is 0 Å². The van der Waals surface area contributed by atoms with E-state index in [0.717, 1.165) is 5.69 Å². The minimum absolute atomic E-state index is 0.127. The molecule has 0 spiro atoms. The van der Waals surface area contributed by atoms with Crippen molar-refractivity contribution in [2.45, 2.75) is 13.0 Å². The van der Waals surface area contributed by atoms with Gasteiger partial charge in [-0.05, 0) is 25.1 Å². The van der Waals surface area contributed by atoms with Crippen molar-refractivity contribution >= 4 is 17.3 Å². The highest BCUT2D eigenvalue weighted by Crippen LogP contribution is 2.20.